The number of nitrogens with zero attached hydrogens (tertiary/aromatic N) is 3. The van der Waals surface area contributed by atoms with Crippen molar-refractivity contribution in [3.63, 3.8) is 0 Å². The van der Waals surface area contributed by atoms with Gasteiger partial charge in [0, 0.05) is 13.2 Å². The van der Waals surface area contributed by atoms with Crippen molar-refractivity contribution in [3.05, 3.63) is 18.0 Å². The van der Waals surface area contributed by atoms with Crippen molar-refractivity contribution in [3.8, 4) is 0 Å². The van der Waals surface area contributed by atoms with Crippen LogP contribution in [0.1, 0.15) is 18.2 Å². The molecule has 14 heavy (non-hydrogen) atoms. The van der Waals surface area contributed by atoms with Gasteiger partial charge in [0.25, 0.3) is 0 Å². The first-order valence-corrected chi connectivity index (χ1v) is 4.95. The predicted molar refractivity (Wildman–Crippen MR) is 58.2 cm³/mol. The van der Waals surface area contributed by atoms with Crippen molar-refractivity contribution in [1.29, 1.82) is 0 Å². The number of aromatic nitrogens is 2. The summed E-state index contributed by atoms with van der Waals surface area (Å²) in [6.45, 7) is 1.08. The third-order valence-corrected chi connectivity index (χ3v) is 2.43. The Morgan fingerprint density at radius 1 is 1.57 bits per heavy atom. The largest absolute Gasteiger partial charge is 0.312 e. The maximum absolute atomic E-state index is 4.18. The molecular formula is C10H20N4. The van der Waals surface area contributed by atoms with E-state index in [9.17, 15) is 0 Å². The molecule has 0 amide bonds. The van der Waals surface area contributed by atoms with Gasteiger partial charge in [-0.2, -0.15) is 5.10 Å². The lowest BCUT2D eigenvalue weighted by Crippen LogP contribution is -2.24. The number of aryl methyl sites for hydroxylation is 1. The molecular weight excluding hydrogens is 176 g/mol. The number of nitrogens with one attached hydrogen (secondary N) is 1. The van der Waals surface area contributed by atoms with Gasteiger partial charge in [0.2, 0.25) is 0 Å². The molecule has 0 saturated carbocycles. The van der Waals surface area contributed by atoms with Crippen LogP contribution in [-0.2, 0) is 7.05 Å². The maximum atomic E-state index is 4.18. The molecule has 1 rings (SSSR count). The molecule has 0 aliphatic rings. The first kappa shape index (κ1) is 11.2. The highest BCUT2D eigenvalue weighted by molar-refractivity contribution is 5.06. The molecule has 80 valence electrons. The molecule has 0 radical (unpaired) electrons. The van der Waals surface area contributed by atoms with Gasteiger partial charge in [0.1, 0.15) is 0 Å². The summed E-state index contributed by atoms with van der Waals surface area (Å²) in [5.41, 5.74) is 1.24. The maximum Gasteiger partial charge on any atom is 0.0550 e. The van der Waals surface area contributed by atoms with Crippen LogP contribution in [0.25, 0.3) is 0 Å². The molecule has 4 heteroatoms. The normalized spacial score (nSPS) is 13.5. The lowest BCUT2D eigenvalue weighted by atomic mass is 10.1. The van der Waals surface area contributed by atoms with Crippen LogP contribution in [0.15, 0.2) is 12.3 Å². The number of rotatable bonds is 5. The Morgan fingerprint density at radius 3 is 2.71 bits per heavy atom. The zero-order valence-electron chi connectivity index (χ0n) is 9.49. The van der Waals surface area contributed by atoms with E-state index in [0.717, 1.165) is 13.0 Å². The van der Waals surface area contributed by atoms with Crippen molar-refractivity contribution >= 4 is 0 Å². The lowest BCUT2D eigenvalue weighted by Gasteiger charge is -2.18. The van der Waals surface area contributed by atoms with E-state index in [1.54, 1.807) is 0 Å². The zero-order valence-corrected chi connectivity index (χ0v) is 9.49. The fourth-order valence-electron chi connectivity index (χ4n) is 1.55. The summed E-state index contributed by atoms with van der Waals surface area (Å²) >= 11 is 0. The van der Waals surface area contributed by atoms with E-state index in [2.05, 4.69) is 35.5 Å². The molecule has 1 aromatic heterocycles. The standard InChI is InChI=1S/C10H20N4/c1-11-9(6-8-13(2)3)10-5-7-12-14(10)4/h5,7,9,11H,6,8H2,1-4H3. The first-order valence-electron chi connectivity index (χ1n) is 4.95. The second-order valence-electron chi connectivity index (χ2n) is 3.81. The summed E-state index contributed by atoms with van der Waals surface area (Å²) in [4.78, 5) is 2.20. The topological polar surface area (TPSA) is 33.1 Å². The Morgan fingerprint density at radius 2 is 2.29 bits per heavy atom. The minimum Gasteiger partial charge on any atom is -0.312 e. The molecule has 1 atom stereocenters. The van der Waals surface area contributed by atoms with E-state index < -0.39 is 0 Å². The molecule has 0 fully saturated rings. The molecule has 0 aromatic carbocycles. The molecule has 0 saturated heterocycles. The molecule has 4 nitrogen and oxygen atoms in total. The molecule has 0 aliphatic carbocycles. The Kier molecular flexibility index (Phi) is 4.10. The highest BCUT2D eigenvalue weighted by Crippen LogP contribution is 2.14. The summed E-state index contributed by atoms with van der Waals surface area (Å²) in [5, 5.41) is 7.49. The van der Waals surface area contributed by atoms with Crippen LogP contribution in [0.3, 0.4) is 0 Å². The molecule has 1 unspecified atom stereocenters. The molecule has 1 heterocycles. The average molecular weight is 196 g/mol. The van der Waals surface area contributed by atoms with E-state index in [4.69, 9.17) is 0 Å². The third kappa shape index (κ3) is 2.82. The smallest absolute Gasteiger partial charge is 0.0550 e. The molecule has 1 aromatic rings. The van der Waals surface area contributed by atoms with Gasteiger partial charge in [-0.1, -0.05) is 0 Å². The highest BCUT2D eigenvalue weighted by Gasteiger charge is 2.12. The van der Waals surface area contributed by atoms with Crippen LogP contribution in [0.5, 0.6) is 0 Å². The summed E-state index contributed by atoms with van der Waals surface area (Å²) in [5.74, 6) is 0. The van der Waals surface area contributed by atoms with E-state index in [1.807, 2.05) is 25.0 Å². The van der Waals surface area contributed by atoms with E-state index in [1.165, 1.54) is 5.69 Å². The van der Waals surface area contributed by atoms with Crippen LogP contribution >= 0.6 is 0 Å². The van der Waals surface area contributed by atoms with E-state index in [0.29, 0.717) is 6.04 Å². The van der Waals surface area contributed by atoms with Crippen LogP contribution in [0.4, 0.5) is 0 Å². The van der Waals surface area contributed by atoms with Crippen molar-refractivity contribution in [2.75, 3.05) is 27.7 Å². The summed E-state index contributed by atoms with van der Waals surface area (Å²) in [6.07, 6.45) is 2.94. The average Bonchev–Trinajstić information content (AvgIpc) is 2.53. The van der Waals surface area contributed by atoms with Crippen LogP contribution in [-0.4, -0.2) is 42.4 Å². The quantitative estimate of drug-likeness (QED) is 0.750. The summed E-state index contributed by atoms with van der Waals surface area (Å²) < 4.78 is 1.93. The lowest BCUT2D eigenvalue weighted by molar-refractivity contribution is 0.362. The van der Waals surface area contributed by atoms with Gasteiger partial charge in [-0.3, -0.25) is 4.68 Å². The second-order valence-corrected chi connectivity index (χ2v) is 3.81. The summed E-state index contributed by atoms with van der Waals surface area (Å²) in [6, 6.07) is 2.46. The van der Waals surface area contributed by atoms with Gasteiger partial charge >= 0.3 is 0 Å². The van der Waals surface area contributed by atoms with Gasteiger partial charge in [-0.25, -0.2) is 0 Å². The van der Waals surface area contributed by atoms with Gasteiger partial charge in [0.15, 0.2) is 0 Å². The first-order chi connectivity index (χ1) is 6.65. The third-order valence-electron chi connectivity index (χ3n) is 2.43. The van der Waals surface area contributed by atoms with Crippen molar-refractivity contribution in [1.82, 2.24) is 20.0 Å². The van der Waals surface area contributed by atoms with Gasteiger partial charge in [0.05, 0.1) is 11.7 Å². The minimum absolute atomic E-state index is 0.393. The van der Waals surface area contributed by atoms with Crippen molar-refractivity contribution < 1.29 is 0 Å². The SMILES string of the molecule is CNC(CCN(C)C)c1ccnn1C. The molecule has 0 aliphatic heterocycles. The number of hydrogen-bond donors (Lipinski definition) is 1. The predicted octanol–water partition coefficient (Wildman–Crippen LogP) is 0.632. The zero-order chi connectivity index (χ0) is 10.6. The van der Waals surface area contributed by atoms with Gasteiger partial charge < -0.3 is 10.2 Å². The fraction of sp³-hybridized carbons (Fsp3) is 0.700. The Balaban J connectivity index is 2.58. The Hall–Kier alpha value is -0.870. The van der Waals surface area contributed by atoms with Gasteiger partial charge in [-0.05, 0) is 40.2 Å². The van der Waals surface area contributed by atoms with Crippen molar-refractivity contribution in [2.24, 2.45) is 7.05 Å². The highest BCUT2D eigenvalue weighted by atomic mass is 15.3. The minimum atomic E-state index is 0.393. The number of hydrogen-bond acceptors (Lipinski definition) is 3. The molecule has 1 N–H and O–H groups in total. The van der Waals surface area contributed by atoms with Crippen LogP contribution in [0.2, 0.25) is 0 Å². The second kappa shape index (κ2) is 5.12. The van der Waals surface area contributed by atoms with E-state index >= 15 is 0 Å². The Bertz CT molecular complexity index is 267. The fourth-order valence-corrected chi connectivity index (χ4v) is 1.55. The molecule has 0 spiro atoms. The monoisotopic (exact) mass is 196 g/mol. The van der Waals surface area contributed by atoms with Crippen LogP contribution < -0.4 is 5.32 Å². The van der Waals surface area contributed by atoms with E-state index in [-0.39, 0.29) is 0 Å². The van der Waals surface area contributed by atoms with Crippen LogP contribution in [0, 0.1) is 0 Å². The molecule has 0 bridgehead atoms. The summed E-state index contributed by atoms with van der Waals surface area (Å²) in [7, 11) is 8.16. The van der Waals surface area contributed by atoms with Gasteiger partial charge in [-0.15, -0.1) is 0 Å². The Labute approximate surface area is 85.9 Å². The van der Waals surface area contributed by atoms with Crippen molar-refractivity contribution in [2.45, 2.75) is 12.5 Å².